The Bertz CT molecular complexity index is 1290. The number of aromatic nitrogens is 1. The summed E-state index contributed by atoms with van der Waals surface area (Å²) >= 11 is 0. The van der Waals surface area contributed by atoms with Crippen LogP contribution in [-0.4, -0.2) is 40.9 Å². The van der Waals surface area contributed by atoms with Crippen LogP contribution in [0.4, 0.5) is 4.39 Å². The van der Waals surface area contributed by atoms with Crippen LogP contribution < -0.4 is 5.32 Å². The van der Waals surface area contributed by atoms with Gasteiger partial charge in [-0.15, -0.1) is 0 Å². The summed E-state index contributed by atoms with van der Waals surface area (Å²) in [6, 6.07) is 19.1. The quantitative estimate of drug-likeness (QED) is 0.528. The minimum absolute atomic E-state index is 0.0125. The fraction of sp³-hybridized carbons (Fsp3) is 0.269. The molecular weight excluding hydrogens is 389 g/mol. The van der Waals surface area contributed by atoms with Crippen molar-refractivity contribution in [2.24, 2.45) is 5.92 Å². The zero-order valence-corrected chi connectivity index (χ0v) is 17.2. The summed E-state index contributed by atoms with van der Waals surface area (Å²) in [5.41, 5.74) is 4.77. The van der Waals surface area contributed by atoms with E-state index in [1.165, 1.54) is 38.1 Å². The zero-order chi connectivity index (χ0) is 20.9. The zero-order valence-electron chi connectivity index (χ0n) is 17.2. The van der Waals surface area contributed by atoms with Crippen LogP contribution in [-0.2, 0) is 0 Å². The number of rotatable bonds is 3. The second kappa shape index (κ2) is 7.20. The van der Waals surface area contributed by atoms with Gasteiger partial charge in [-0.25, -0.2) is 4.39 Å². The molecule has 7 rings (SSSR count). The first kappa shape index (κ1) is 18.6. The van der Waals surface area contributed by atoms with Gasteiger partial charge < -0.3 is 14.6 Å². The van der Waals surface area contributed by atoms with Crippen molar-refractivity contribution in [3.8, 4) is 11.1 Å². The van der Waals surface area contributed by atoms with E-state index in [2.05, 4.69) is 32.8 Å². The molecule has 2 aromatic heterocycles. The number of hydrogen-bond donors (Lipinski definition) is 1. The summed E-state index contributed by atoms with van der Waals surface area (Å²) in [7, 11) is 0. The number of carbonyl (C=O) groups is 1. The molecule has 156 valence electrons. The monoisotopic (exact) mass is 413 g/mol. The first-order chi connectivity index (χ1) is 15.1. The summed E-state index contributed by atoms with van der Waals surface area (Å²) in [5.74, 6) is 0.387. The molecule has 1 N–H and O–H groups in total. The fourth-order valence-corrected chi connectivity index (χ4v) is 5.23. The molecule has 3 saturated heterocycles. The predicted octanol–water partition coefficient (Wildman–Crippen LogP) is 4.72. The van der Waals surface area contributed by atoms with Crippen LogP contribution in [0.15, 0.2) is 66.9 Å². The van der Waals surface area contributed by atoms with Crippen molar-refractivity contribution in [1.82, 2.24) is 14.6 Å². The number of hydrogen-bond acceptors (Lipinski definition) is 2. The number of piperidine rings is 3. The molecule has 5 heterocycles. The first-order valence-electron chi connectivity index (χ1n) is 11.0. The van der Waals surface area contributed by atoms with Gasteiger partial charge in [-0.2, -0.15) is 0 Å². The van der Waals surface area contributed by atoms with Crippen LogP contribution in [0.3, 0.4) is 0 Å². The SMILES string of the molecule is O=C(N[C@H]1CN2CCC1CC2)c1cc2ccc3cc(-c4ccc(F)cc4)ccc3n2c1. The smallest absolute Gasteiger partial charge is 0.253 e. The van der Waals surface area contributed by atoms with Gasteiger partial charge in [-0.3, -0.25) is 4.79 Å². The maximum absolute atomic E-state index is 13.3. The lowest BCUT2D eigenvalue weighted by Gasteiger charge is -2.44. The van der Waals surface area contributed by atoms with Gasteiger partial charge in [0.1, 0.15) is 5.82 Å². The minimum atomic E-state index is -0.234. The van der Waals surface area contributed by atoms with Crippen LogP contribution in [0.25, 0.3) is 27.5 Å². The highest BCUT2D eigenvalue weighted by Crippen LogP contribution is 2.29. The highest BCUT2D eigenvalue weighted by Gasteiger charge is 2.35. The Morgan fingerprint density at radius 2 is 1.71 bits per heavy atom. The summed E-state index contributed by atoms with van der Waals surface area (Å²) in [4.78, 5) is 15.4. The average Bonchev–Trinajstić information content (AvgIpc) is 3.25. The number of nitrogens with zero attached hydrogens (tertiary/aromatic N) is 2. The molecule has 3 fully saturated rings. The lowest BCUT2D eigenvalue weighted by molar-refractivity contribution is 0.0620. The normalized spacial score (nSPS) is 22.8. The van der Waals surface area contributed by atoms with E-state index in [-0.39, 0.29) is 17.8 Å². The topological polar surface area (TPSA) is 36.8 Å². The molecule has 31 heavy (non-hydrogen) atoms. The number of amides is 1. The minimum Gasteiger partial charge on any atom is -0.348 e. The molecule has 3 aliphatic heterocycles. The third kappa shape index (κ3) is 3.29. The van der Waals surface area contributed by atoms with Crippen LogP contribution in [0.5, 0.6) is 0 Å². The first-order valence-corrected chi connectivity index (χ1v) is 11.0. The summed E-state index contributed by atoms with van der Waals surface area (Å²) in [6.07, 6.45) is 4.30. The van der Waals surface area contributed by atoms with Crippen molar-refractivity contribution in [2.45, 2.75) is 18.9 Å². The van der Waals surface area contributed by atoms with E-state index in [9.17, 15) is 9.18 Å². The van der Waals surface area contributed by atoms with Crippen molar-refractivity contribution in [2.75, 3.05) is 19.6 Å². The van der Waals surface area contributed by atoms with E-state index in [4.69, 9.17) is 0 Å². The van der Waals surface area contributed by atoms with Crippen LogP contribution in [0.2, 0.25) is 0 Å². The molecule has 0 radical (unpaired) electrons. The number of benzene rings is 2. The van der Waals surface area contributed by atoms with Gasteiger partial charge in [0, 0.05) is 24.3 Å². The Balaban J connectivity index is 1.31. The van der Waals surface area contributed by atoms with Gasteiger partial charge in [0.2, 0.25) is 0 Å². The van der Waals surface area contributed by atoms with Crippen molar-refractivity contribution >= 4 is 22.3 Å². The maximum atomic E-state index is 13.3. The average molecular weight is 413 g/mol. The Morgan fingerprint density at radius 1 is 0.935 bits per heavy atom. The van der Waals surface area contributed by atoms with E-state index in [0.717, 1.165) is 34.1 Å². The molecule has 0 aliphatic carbocycles. The lowest BCUT2D eigenvalue weighted by atomic mass is 9.84. The van der Waals surface area contributed by atoms with Crippen LogP contribution in [0, 0.1) is 11.7 Å². The molecule has 0 unspecified atom stereocenters. The van der Waals surface area contributed by atoms with E-state index < -0.39 is 0 Å². The second-order valence-electron chi connectivity index (χ2n) is 8.86. The summed E-state index contributed by atoms with van der Waals surface area (Å²) < 4.78 is 15.3. The molecule has 0 spiro atoms. The molecule has 0 saturated carbocycles. The van der Waals surface area contributed by atoms with Gasteiger partial charge in [0.25, 0.3) is 5.91 Å². The molecule has 5 heteroatoms. The van der Waals surface area contributed by atoms with Crippen molar-refractivity contribution in [1.29, 1.82) is 0 Å². The van der Waals surface area contributed by atoms with Crippen molar-refractivity contribution in [3.05, 3.63) is 78.2 Å². The molecule has 1 atom stereocenters. The Kier molecular flexibility index (Phi) is 4.32. The van der Waals surface area contributed by atoms with Gasteiger partial charge in [-0.1, -0.05) is 24.3 Å². The highest BCUT2D eigenvalue weighted by atomic mass is 19.1. The van der Waals surface area contributed by atoms with Gasteiger partial charge in [0.05, 0.1) is 11.1 Å². The largest absolute Gasteiger partial charge is 0.348 e. The van der Waals surface area contributed by atoms with E-state index >= 15 is 0 Å². The standard InChI is InChI=1S/C26H24FN3O/c27-22-5-1-17(2-6-22)19-4-8-25-20(13-19)3-7-23-14-21(15-30(23)25)26(31)28-24-16-29-11-9-18(24)10-12-29/h1-8,13-15,18,24H,9-12,16H2,(H,28,31)/t24-/m0/s1. The number of carbonyl (C=O) groups excluding carboxylic acids is 1. The van der Waals surface area contributed by atoms with E-state index in [0.29, 0.717) is 11.5 Å². The third-order valence-electron chi connectivity index (χ3n) is 6.98. The molecule has 1 amide bonds. The molecular formula is C26H24FN3O. The molecule has 3 aliphatic rings. The summed E-state index contributed by atoms with van der Waals surface area (Å²) in [5, 5.41) is 4.36. The third-order valence-corrected chi connectivity index (χ3v) is 6.98. The maximum Gasteiger partial charge on any atom is 0.253 e. The number of fused-ring (bicyclic) bond motifs is 6. The predicted molar refractivity (Wildman–Crippen MR) is 121 cm³/mol. The Labute approximate surface area is 180 Å². The van der Waals surface area contributed by atoms with Crippen LogP contribution >= 0.6 is 0 Å². The molecule has 2 aromatic carbocycles. The number of pyridine rings is 1. The van der Waals surface area contributed by atoms with Crippen molar-refractivity contribution in [3.63, 3.8) is 0 Å². The lowest BCUT2D eigenvalue weighted by Crippen LogP contribution is -2.57. The number of halogens is 1. The van der Waals surface area contributed by atoms with E-state index in [1.807, 2.05) is 24.4 Å². The van der Waals surface area contributed by atoms with E-state index in [1.54, 1.807) is 12.1 Å². The molecule has 4 aromatic rings. The Morgan fingerprint density at radius 3 is 2.45 bits per heavy atom. The van der Waals surface area contributed by atoms with Crippen molar-refractivity contribution < 1.29 is 9.18 Å². The Hall–Kier alpha value is -3.18. The molecule has 2 bridgehead atoms. The second-order valence-corrected chi connectivity index (χ2v) is 8.86. The van der Waals surface area contributed by atoms with Crippen LogP contribution in [0.1, 0.15) is 23.2 Å². The molecule has 4 nitrogen and oxygen atoms in total. The summed E-state index contributed by atoms with van der Waals surface area (Å²) in [6.45, 7) is 3.30. The van der Waals surface area contributed by atoms with Gasteiger partial charge >= 0.3 is 0 Å². The van der Waals surface area contributed by atoms with Gasteiger partial charge in [-0.05, 0) is 84.8 Å². The highest BCUT2D eigenvalue weighted by molar-refractivity contribution is 5.97. The number of nitrogens with one attached hydrogen (secondary N) is 1. The van der Waals surface area contributed by atoms with Gasteiger partial charge in [0.15, 0.2) is 0 Å². The fourth-order valence-electron chi connectivity index (χ4n) is 5.23.